The standard InChI is InChI=1S/C20H28N2O5S/c1-3-27-20(26)16(10-9-15-7-5-4-6-8-15)21-17-13-28-12-14(2)22(19(17)25)11-18(23)24/h4-8,14,16-17,21H,3,9-13H2,1-2H3,(H,23,24)/t14?,16-,17?/m0/s1. The number of ether oxygens (including phenoxy) is 1. The summed E-state index contributed by atoms with van der Waals surface area (Å²) in [4.78, 5) is 37.9. The number of carboxylic acid groups (broad SMARTS) is 1. The maximum absolute atomic E-state index is 12.9. The Balaban J connectivity index is 2.10. The molecule has 1 fully saturated rings. The number of esters is 1. The molecule has 0 aliphatic carbocycles. The Bertz CT molecular complexity index is 670. The second kappa shape index (κ2) is 11.1. The number of carbonyl (C=O) groups is 3. The van der Waals surface area contributed by atoms with Crippen LogP contribution in [0.1, 0.15) is 25.8 Å². The summed E-state index contributed by atoms with van der Waals surface area (Å²) in [5, 5.41) is 12.3. The summed E-state index contributed by atoms with van der Waals surface area (Å²) in [6.07, 6.45) is 1.16. The summed E-state index contributed by atoms with van der Waals surface area (Å²) in [7, 11) is 0. The Morgan fingerprint density at radius 2 is 2.04 bits per heavy atom. The highest BCUT2D eigenvalue weighted by atomic mass is 32.2. The van der Waals surface area contributed by atoms with Crippen LogP contribution in [0.25, 0.3) is 0 Å². The van der Waals surface area contributed by atoms with E-state index < -0.39 is 24.0 Å². The van der Waals surface area contributed by atoms with Crippen LogP contribution in [-0.4, -0.2) is 70.6 Å². The maximum atomic E-state index is 12.9. The van der Waals surface area contributed by atoms with Gasteiger partial charge in [-0.25, -0.2) is 0 Å². The van der Waals surface area contributed by atoms with Crippen LogP contribution >= 0.6 is 11.8 Å². The average Bonchev–Trinajstić information content (AvgIpc) is 2.79. The van der Waals surface area contributed by atoms with Gasteiger partial charge in [-0.15, -0.1) is 0 Å². The zero-order chi connectivity index (χ0) is 20.5. The Labute approximate surface area is 169 Å². The molecule has 0 spiro atoms. The summed E-state index contributed by atoms with van der Waals surface area (Å²) in [6.45, 7) is 3.51. The monoisotopic (exact) mass is 408 g/mol. The molecule has 1 amide bonds. The quantitative estimate of drug-likeness (QED) is 0.599. The number of hydrogen-bond donors (Lipinski definition) is 2. The molecule has 0 aromatic heterocycles. The SMILES string of the molecule is CCOC(=O)[C@H](CCc1ccccc1)NC1CSCC(C)N(CC(=O)O)C1=O. The first kappa shape index (κ1) is 22.2. The summed E-state index contributed by atoms with van der Waals surface area (Å²) in [6, 6.07) is 8.37. The fourth-order valence-electron chi connectivity index (χ4n) is 3.14. The number of aryl methyl sites for hydroxylation is 1. The smallest absolute Gasteiger partial charge is 0.323 e. The van der Waals surface area contributed by atoms with Crippen LogP contribution in [0.4, 0.5) is 0 Å². The fourth-order valence-corrected chi connectivity index (χ4v) is 4.28. The van der Waals surface area contributed by atoms with Crippen molar-refractivity contribution in [1.82, 2.24) is 10.2 Å². The van der Waals surface area contributed by atoms with E-state index in [1.165, 1.54) is 4.90 Å². The van der Waals surface area contributed by atoms with Crippen molar-refractivity contribution in [2.45, 2.75) is 44.8 Å². The molecule has 28 heavy (non-hydrogen) atoms. The van der Waals surface area contributed by atoms with Crippen molar-refractivity contribution >= 4 is 29.6 Å². The Morgan fingerprint density at radius 3 is 2.68 bits per heavy atom. The Morgan fingerprint density at radius 1 is 1.32 bits per heavy atom. The number of amides is 1. The van der Waals surface area contributed by atoms with Crippen LogP contribution in [0.2, 0.25) is 0 Å². The van der Waals surface area contributed by atoms with Gasteiger partial charge in [-0.05, 0) is 32.3 Å². The molecular weight excluding hydrogens is 380 g/mol. The molecule has 1 aromatic carbocycles. The van der Waals surface area contributed by atoms with Crippen LogP contribution < -0.4 is 5.32 Å². The topological polar surface area (TPSA) is 95.9 Å². The van der Waals surface area contributed by atoms with E-state index in [9.17, 15) is 14.4 Å². The molecule has 1 saturated heterocycles. The van der Waals surface area contributed by atoms with Crippen LogP contribution in [0.5, 0.6) is 0 Å². The third-order valence-electron chi connectivity index (χ3n) is 4.60. The van der Waals surface area contributed by atoms with Gasteiger partial charge in [-0.1, -0.05) is 30.3 Å². The molecule has 0 saturated carbocycles. The normalized spacial score (nSPS) is 21.1. The van der Waals surface area contributed by atoms with Crippen molar-refractivity contribution in [3.8, 4) is 0 Å². The third-order valence-corrected chi connectivity index (χ3v) is 5.89. The van der Waals surface area contributed by atoms with E-state index in [0.29, 0.717) is 24.3 Å². The van der Waals surface area contributed by atoms with Crippen LogP contribution in [-0.2, 0) is 25.5 Å². The van der Waals surface area contributed by atoms with Gasteiger partial charge in [-0.2, -0.15) is 11.8 Å². The maximum Gasteiger partial charge on any atom is 0.323 e. The Kier molecular flexibility index (Phi) is 8.79. The molecule has 0 radical (unpaired) electrons. The molecule has 1 heterocycles. The highest BCUT2D eigenvalue weighted by Crippen LogP contribution is 2.19. The molecule has 1 aliphatic heterocycles. The van der Waals surface area contributed by atoms with E-state index in [0.717, 1.165) is 5.56 Å². The second-order valence-corrected chi connectivity index (χ2v) is 7.87. The first-order valence-electron chi connectivity index (χ1n) is 9.49. The lowest BCUT2D eigenvalue weighted by molar-refractivity contribution is -0.148. The summed E-state index contributed by atoms with van der Waals surface area (Å²) in [5.74, 6) is -0.574. The van der Waals surface area contributed by atoms with Crippen molar-refractivity contribution in [1.29, 1.82) is 0 Å². The molecule has 8 heteroatoms. The Hall–Kier alpha value is -2.06. The molecule has 1 aliphatic rings. The van der Waals surface area contributed by atoms with Crippen molar-refractivity contribution in [2.75, 3.05) is 24.7 Å². The minimum atomic E-state index is -1.04. The van der Waals surface area contributed by atoms with Crippen LogP contribution in [0, 0.1) is 0 Å². The first-order chi connectivity index (χ1) is 13.4. The summed E-state index contributed by atoms with van der Waals surface area (Å²) < 4.78 is 5.19. The van der Waals surface area contributed by atoms with E-state index in [2.05, 4.69) is 5.32 Å². The molecule has 2 rings (SSSR count). The van der Waals surface area contributed by atoms with Crippen molar-refractivity contribution in [2.24, 2.45) is 0 Å². The van der Waals surface area contributed by atoms with Gasteiger partial charge in [0.05, 0.1) is 12.6 Å². The fraction of sp³-hybridized carbons (Fsp3) is 0.550. The van der Waals surface area contributed by atoms with E-state index in [1.54, 1.807) is 18.7 Å². The van der Waals surface area contributed by atoms with Gasteiger partial charge in [-0.3, -0.25) is 19.7 Å². The molecule has 7 nitrogen and oxygen atoms in total. The van der Waals surface area contributed by atoms with Gasteiger partial charge >= 0.3 is 11.9 Å². The minimum absolute atomic E-state index is 0.175. The second-order valence-electron chi connectivity index (χ2n) is 6.79. The van der Waals surface area contributed by atoms with Crippen LogP contribution in [0.3, 0.4) is 0 Å². The van der Waals surface area contributed by atoms with Crippen molar-refractivity contribution in [3.05, 3.63) is 35.9 Å². The molecule has 154 valence electrons. The lowest BCUT2D eigenvalue weighted by Gasteiger charge is -2.29. The molecule has 1 aromatic rings. The third kappa shape index (κ3) is 6.53. The number of benzene rings is 1. The number of hydrogen-bond acceptors (Lipinski definition) is 6. The summed E-state index contributed by atoms with van der Waals surface area (Å²) >= 11 is 1.58. The molecule has 0 bridgehead atoms. The number of aliphatic carboxylic acids is 1. The molecule has 2 unspecified atom stereocenters. The minimum Gasteiger partial charge on any atom is -0.480 e. The van der Waals surface area contributed by atoms with E-state index in [1.807, 2.05) is 37.3 Å². The van der Waals surface area contributed by atoms with Crippen molar-refractivity contribution in [3.63, 3.8) is 0 Å². The number of nitrogens with zero attached hydrogens (tertiary/aromatic N) is 1. The predicted octanol–water partition coefficient (Wildman–Crippen LogP) is 1.56. The van der Waals surface area contributed by atoms with E-state index in [-0.39, 0.29) is 25.1 Å². The number of rotatable bonds is 9. The molecular formula is C20H28N2O5S. The van der Waals surface area contributed by atoms with Gasteiger partial charge in [0.2, 0.25) is 5.91 Å². The zero-order valence-corrected chi connectivity index (χ0v) is 17.1. The number of thioether (sulfide) groups is 1. The summed E-state index contributed by atoms with van der Waals surface area (Å²) in [5.41, 5.74) is 1.10. The molecule has 2 N–H and O–H groups in total. The van der Waals surface area contributed by atoms with E-state index in [4.69, 9.17) is 9.84 Å². The van der Waals surface area contributed by atoms with Gasteiger partial charge in [0.15, 0.2) is 0 Å². The number of nitrogens with one attached hydrogen (secondary N) is 1. The van der Waals surface area contributed by atoms with Crippen LogP contribution in [0.15, 0.2) is 30.3 Å². The number of carboxylic acids is 1. The highest BCUT2D eigenvalue weighted by Gasteiger charge is 2.35. The largest absolute Gasteiger partial charge is 0.480 e. The molecule has 3 atom stereocenters. The lowest BCUT2D eigenvalue weighted by atomic mass is 10.0. The van der Waals surface area contributed by atoms with Crippen molar-refractivity contribution < 1.29 is 24.2 Å². The van der Waals surface area contributed by atoms with E-state index >= 15 is 0 Å². The van der Waals surface area contributed by atoms with Gasteiger partial charge in [0.25, 0.3) is 0 Å². The first-order valence-corrected chi connectivity index (χ1v) is 10.6. The average molecular weight is 409 g/mol. The number of carbonyl (C=O) groups excluding carboxylic acids is 2. The lowest BCUT2D eigenvalue weighted by Crippen LogP contribution is -2.55. The highest BCUT2D eigenvalue weighted by molar-refractivity contribution is 7.99. The predicted molar refractivity (Wildman–Crippen MR) is 108 cm³/mol. The zero-order valence-electron chi connectivity index (χ0n) is 16.3. The van der Waals surface area contributed by atoms with Gasteiger partial charge < -0.3 is 14.7 Å². The van der Waals surface area contributed by atoms with Gasteiger partial charge in [0.1, 0.15) is 12.6 Å². The van der Waals surface area contributed by atoms with Gasteiger partial charge in [0, 0.05) is 17.5 Å².